The maximum absolute atomic E-state index is 5.55. The highest BCUT2D eigenvalue weighted by molar-refractivity contribution is 5.82. The maximum Gasteiger partial charge on any atom is 0.0950 e. The number of pyridine rings is 1. The number of nitrogens with zero attached hydrogens (tertiary/aromatic N) is 2. The normalized spacial score (nSPS) is 21.4. The van der Waals surface area contributed by atoms with Gasteiger partial charge in [-0.3, -0.25) is 4.98 Å². The Morgan fingerprint density at radius 3 is 2.78 bits per heavy atom. The molecule has 0 atom stereocenters. The van der Waals surface area contributed by atoms with Crippen LogP contribution in [0.15, 0.2) is 36.5 Å². The Kier molecular flexibility index (Phi) is 2.12. The SMILES string of the molecule is c1cnc2ccc(N3CCC4(CC3)CO4)cc2c1. The molecule has 2 fully saturated rings. The van der Waals surface area contributed by atoms with Crippen LogP contribution in [0.2, 0.25) is 0 Å². The first-order valence-corrected chi connectivity index (χ1v) is 6.58. The molecule has 2 aliphatic heterocycles. The van der Waals surface area contributed by atoms with Gasteiger partial charge in [0.15, 0.2) is 0 Å². The Hall–Kier alpha value is -1.61. The van der Waals surface area contributed by atoms with Gasteiger partial charge in [0, 0.05) is 30.4 Å². The van der Waals surface area contributed by atoms with Crippen LogP contribution in [-0.2, 0) is 4.74 Å². The van der Waals surface area contributed by atoms with Crippen LogP contribution >= 0.6 is 0 Å². The van der Waals surface area contributed by atoms with E-state index in [9.17, 15) is 0 Å². The van der Waals surface area contributed by atoms with Gasteiger partial charge in [-0.2, -0.15) is 0 Å². The zero-order chi connectivity index (χ0) is 12.0. The molecule has 0 saturated carbocycles. The number of anilines is 1. The highest BCUT2D eigenvalue weighted by atomic mass is 16.6. The Bertz CT molecular complexity index is 582. The summed E-state index contributed by atoms with van der Waals surface area (Å²) in [7, 11) is 0. The van der Waals surface area contributed by atoms with Crippen molar-refractivity contribution in [3.63, 3.8) is 0 Å². The molecule has 1 aromatic heterocycles. The second-order valence-corrected chi connectivity index (χ2v) is 5.34. The molecule has 0 N–H and O–H groups in total. The lowest BCUT2D eigenvalue weighted by atomic mass is 9.97. The largest absolute Gasteiger partial charge is 0.371 e. The molecule has 2 saturated heterocycles. The second kappa shape index (κ2) is 3.69. The van der Waals surface area contributed by atoms with Gasteiger partial charge >= 0.3 is 0 Å². The fourth-order valence-corrected chi connectivity index (χ4v) is 2.82. The topological polar surface area (TPSA) is 28.7 Å². The second-order valence-electron chi connectivity index (χ2n) is 5.34. The number of hydrogen-bond donors (Lipinski definition) is 0. The van der Waals surface area contributed by atoms with E-state index in [1.165, 1.54) is 11.1 Å². The lowest BCUT2D eigenvalue weighted by Crippen LogP contribution is -2.37. The van der Waals surface area contributed by atoms with Crippen LogP contribution in [0.3, 0.4) is 0 Å². The number of rotatable bonds is 1. The molecule has 3 nitrogen and oxygen atoms in total. The van der Waals surface area contributed by atoms with Crippen molar-refractivity contribution in [3.05, 3.63) is 36.5 Å². The summed E-state index contributed by atoms with van der Waals surface area (Å²) < 4.78 is 5.55. The van der Waals surface area contributed by atoms with Crippen molar-refractivity contribution in [3.8, 4) is 0 Å². The molecular formula is C15H16N2O. The molecule has 92 valence electrons. The predicted octanol–water partition coefficient (Wildman–Crippen LogP) is 2.60. The third-order valence-corrected chi connectivity index (χ3v) is 4.18. The van der Waals surface area contributed by atoms with Crippen molar-refractivity contribution in [1.82, 2.24) is 4.98 Å². The number of hydrogen-bond acceptors (Lipinski definition) is 3. The molecule has 4 rings (SSSR count). The van der Waals surface area contributed by atoms with E-state index in [4.69, 9.17) is 4.74 Å². The lowest BCUT2D eigenvalue weighted by molar-refractivity contribution is 0.259. The average molecular weight is 240 g/mol. The van der Waals surface area contributed by atoms with Crippen LogP contribution in [-0.4, -0.2) is 30.3 Å². The van der Waals surface area contributed by atoms with Gasteiger partial charge in [-0.25, -0.2) is 0 Å². The van der Waals surface area contributed by atoms with Gasteiger partial charge in [0.2, 0.25) is 0 Å². The summed E-state index contributed by atoms with van der Waals surface area (Å²) in [5.41, 5.74) is 2.64. The van der Waals surface area contributed by atoms with E-state index in [0.717, 1.165) is 38.1 Å². The molecule has 0 unspecified atom stereocenters. The van der Waals surface area contributed by atoms with E-state index in [-0.39, 0.29) is 5.60 Å². The summed E-state index contributed by atoms with van der Waals surface area (Å²) in [6, 6.07) is 10.7. The average Bonchev–Trinajstić information content (AvgIpc) is 3.19. The maximum atomic E-state index is 5.55. The smallest absolute Gasteiger partial charge is 0.0950 e. The van der Waals surface area contributed by atoms with Crippen LogP contribution in [0.1, 0.15) is 12.8 Å². The van der Waals surface area contributed by atoms with Gasteiger partial charge in [-0.15, -0.1) is 0 Å². The standard InChI is InChI=1S/C15H16N2O/c1-2-12-10-13(3-4-14(12)16-7-1)17-8-5-15(6-9-17)11-18-15/h1-4,7,10H,5-6,8-9,11H2. The number of piperidine rings is 1. The summed E-state index contributed by atoms with van der Waals surface area (Å²) in [5.74, 6) is 0. The van der Waals surface area contributed by atoms with E-state index in [1.807, 2.05) is 12.3 Å². The van der Waals surface area contributed by atoms with E-state index in [2.05, 4.69) is 34.1 Å². The molecule has 0 radical (unpaired) electrons. The Morgan fingerprint density at radius 2 is 2.00 bits per heavy atom. The Labute approximate surface area is 106 Å². The van der Waals surface area contributed by atoms with Gasteiger partial charge < -0.3 is 9.64 Å². The first-order valence-electron chi connectivity index (χ1n) is 6.58. The van der Waals surface area contributed by atoms with Crippen LogP contribution in [0.4, 0.5) is 5.69 Å². The van der Waals surface area contributed by atoms with Crippen molar-refractivity contribution >= 4 is 16.6 Å². The molecule has 3 heteroatoms. The van der Waals surface area contributed by atoms with Crippen LogP contribution in [0, 0.1) is 0 Å². The third-order valence-electron chi connectivity index (χ3n) is 4.18. The van der Waals surface area contributed by atoms with E-state index in [1.54, 1.807) is 0 Å². The Balaban J connectivity index is 1.62. The summed E-state index contributed by atoms with van der Waals surface area (Å²) >= 11 is 0. The summed E-state index contributed by atoms with van der Waals surface area (Å²) in [6.07, 6.45) is 4.17. The number of fused-ring (bicyclic) bond motifs is 1. The molecule has 2 aliphatic rings. The van der Waals surface area contributed by atoms with Crippen molar-refractivity contribution in [2.75, 3.05) is 24.6 Å². The summed E-state index contributed by atoms with van der Waals surface area (Å²) in [5, 5.41) is 1.22. The van der Waals surface area contributed by atoms with Crippen molar-refractivity contribution < 1.29 is 4.74 Å². The number of ether oxygens (including phenoxy) is 1. The quantitative estimate of drug-likeness (QED) is 0.717. The van der Waals surface area contributed by atoms with Gasteiger partial charge in [0.1, 0.15) is 0 Å². The molecule has 3 heterocycles. The van der Waals surface area contributed by atoms with Gasteiger partial charge in [-0.1, -0.05) is 6.07 Å². The monoisotopic (exact) mass is 240 g/mol. The first-order chi connectivity index (χ1) is 8.85. The Morgan fingerprint density at radius 1 is 1.17 bits per heavy atom. The van der Waals surface area contributed by atoms with E-state index in [0.29, 0.717) is 0 Å². The molecule has 1 spiro atoms. The number of epoxide rings is 1. The summed E-state index contributed by atoms with van der Waals surface area (Å²) in [4.78, 5) is 6.82. The minimum absolute atomic E-state index is 0.259. The van der Waals surface area contributed by atoms with Crippen LogP contribution < -0.4 is 4.90 Å². The highest BCUT2D eigenvalue weighted by Gasteiger charge is 2.46. The van der Waals surface area contributed by atoms with Gasteiger partial charge in [0.25, 0.3) is 0 Å². The van der Waals surface area contributed by atoms with Gasteiger partial charge in [-0.05, 0) is 37.1 Å². The zero-order valence-corrected chi connectivity index (χ0v) is 10.3. The van der Waals surface area contributed by atoms with Crippen molar-refractivity contribution in [2.45, 2.75) is 18.4 Å². The molecule has 1 aromatic carbocycles. The minimum atomic E-state index is 0.259. The molecule has 0 bridgehead atoms. The van der Waals surface area contributed by atoms with E-state index < -0.39 is 0 Å². The van der Waals surface area contributed by atoms with Crippen molar-refractivity contribution in [2.24, 2.45) is 0 Å². The minimum Gasteiger partial charge on any atom is -0.371 e. The predicted molar refractivity (Wildman–Crippen MR) is 71.9 cm³/mol. The van der Waals surface area contributed by atoms with Crippen LogP contribution in [0.5, 0.6) is 0 Å². The zero-order valence-electron chi connectivity index (χ0n) is 10.3. The number of benzene rings is 1. The fourth-order valence-electron chi connectivity index (χ4n) is 2.82. The molecule has 0 aliphatic carbocycles. The fraction of sp³-hybridized carbons (Fsp3) is 0.400. The molecule has 0 amide bonds. The van der Waals surface area contributed by atoms with Gasteiger partial charge in [0.05, 0.1) is 17.7 Å². The van der Waals surface area contributed by atoms with Crippen molar-refractivity contribution in [1.29, 1.82) is 0 Å². The van der Waals surface area contributed by atoms with E-state index >= 15 is 0 Å². The molecule has 2 aromatic rings. The number of aromatic nitrogens is 1. The van der Waals surface area contributed by atoms with Crippen LogP contribution in [0.25, 0.3) is 10.9 Å². The highest BCUT2D eigenvalue weighted by Crippen LogP contribution is 2.39. The first kappa shape index (κ1) is 10.3. The molecule has 18 heavy (non-hydrogen) atoms. The molecular weight excluding hydrogens is 224 g/mol. The lowest BCUT2D eigenvalue weighted by Gasteiger charge is -2.32. The summed E-state index contributed by atoms with van der Waals surface area (Å²) in [6.45, 7) is 3.18. The third kappa shape index (κ3) is 1.66.